The van der Waals surface area contributed by atoms with Crippen molar-refractivity contribution in [2.24, 2.45) is 0 Å². The van der Waals surface area contributed by atoms with Crippen molar-refractivity contribution >= 4 is 5.97 Å². The van der Waals surface area contributed by atoms with E-state index in [-0.39, 0.29) is 17.8 Å². The molecule has 0 bridgehead atoms. The van der Waals surface area contributed by atoms with E-state index in [0.717, 1.165) is 38.9 Å². The fourth-order valence-electron chi connectivity index (χ4n) is 4.31. The van der Waals surface area contributed by atoms with E-state index in [1.54, 1.807) is 24.3 Å². The van der Waals surface area contributed by atoms with Crippen LogP contribution in [-0.4, -0.2) is 48.3 Å². The lowest BCUT2D eigenvalue weighted by molar-refractivity contribution is -0.0273. The maximum atomic E-state index is 11.3. The molecular weight excluding hydrogens is 414 g/mol. The second kappa shape index (κ2) is 11.6. The van der Waals surface area contributed by atoms with Crippen molar-refractivity contribution in [3.05, 3.63) is 102 Å². The average molecular weight is 446 g/mol. The van der Waals surface area contributed by atoms with Crippen molar-refractivity contribution in [2.75, 3.05) is 26.2 Å². The van der Waals surface area contributed by atoms with E-state index in [9.17, 15) is 9.90 Å². The van der Waals surface area contributed by atoms with Gasteiger partial charge in [-0.3, -0.25) is 0 Å². The Morgan fingerprint density at radius 3 is 2.06 bits per heavy atom. The van der Waals surface area contributed by atoms with Crippen molar-refractivity contribution in [2.45, 2.75) is 31.5 Å². The molecule has 0 unspecified atom stereocenters. The maximum Gasteiger partial charge on any atom is 0.339 e. The minimum Gasteiger partial charge on any atom is -0.493 e. The zero-order chi connectivity index (χ0) is 22.9. The number of carboxylic acid groups (broad SMARTS) is 1. The fourth-order valence-corrected chi connectivity index (χ4v) is 4.31. The van der Waals surface area contributed by atoms with Gasteiger partial charge < -0.3 is 19.5 Å². The van der Waals surface area contributed by atoms with Gasteiger partial charge in [-0.15, -0.1) is 0 Å². The van der Waals surface area contributed by atoms with Crippen molar-refractivity contribution in [3.63, 3.8) is 0 Å². The number of para-hydroxylation sites is 1. The summed E-state index contributed by atoms with van der Waals surface area (Å²) in [5.41, 5.74) is 2.58. The van der Waals surface area contributed by atoms with Gasteiger partial charge in [0.1, 0.15) is 17.4 Å². The summed E-state index contributed by atoms with van der Waals surface area (Å²) in [5.74, 6) is -0.526. The van der Waals surface area contributed by atoms with Crippen LogP contribution in [0.5, 0.6) is 5.75 Å². The van der Waals surface area contributed by atoms with Crippen LogP contribution < -0.4 is 4.74 Å². The number of rotatable bonds is 10. The Hall–Kier alpha value is -3.15. The average Bonchev–Trinajstić information content (AvgIpc) is 2.87. The molecule has 1 heterocycles. The smallest absolute Gasteiger partial charge is 0.339 e. The second-order valence-electron chi connectivity index (χ2n) is 8.38. The molecule has 1 N–H and O–H groups in total. The third-order valence-corrected chi connectivity index (χ3v) is 6.06. The van der Waals surface area contributed by atoms with Gasteiger partial charge in [-0.2, -0.15) is 0 Å². The number of nitrogens with zero attached hydrogens (tertiary/aromatic N) is 1. The Bertz CT molecular complexity index is 961. The van der Waals surface area contributed by atoms with E-state index >= 15 is 0 Å². The van der Waals surface area contributed by atoms with Gasteiger partial charge in [0, 0.05) is 19.6 Å². The summed E-state index contributed by atoms with van der Waals surface area (Å²) in [5, 5.41) is 9.26. The van der Waals surface area contributed by atoms with Crippen LogP contribution in [0.3, 0.4) is 0 Å². The van der Waals surface area contributed by atoms with Gasteiger partial charge in [0.15, 0.2) is 0 Å². The molecule has 5 nitrogen and oxygen atoms in total. The Balaban J connectivity index is 1.24. The summed E-state index contributed by atoms with van der Waals surface area (Å²) < 4.78 is 12.4. The normalized spacial score (nSPS) is 14.9. The van der Waals surface area contributed by atoms with E-state index in [1.807, 2.05) is 12.1 Å². The molecule has 1 aliphatic heterocycles. The van der Waals surface area contributed by atoms with Crippen LogP contribution in [0.15, 0.2) is 84.9 Å². The molecule has 0 aromatic heterocycles. The molecule has 4 rings (SSSR count). The summed E-state index contributed by atoms with van der Waals surface area (Å²) in [6.07, 6.45) is 3.03. The highest BCUT2D eigenvalue weighted by atomic mass is 16.5. The first kappa shape index (κ1) is 23.0. The first-order valence-corrected chi connectivity index (χ1v) is 11.6. The molecule has 1 saturated heterocycles. The van der Waals surface area contributed by atoms with Crippen molar-refractivity contribution in [3.8, 4) is 5.75 Å². The molecule has 172 valence electrons. The Morgan fingerprint density at radius 2 is 1.45 bits per heavy atom. The van der Waals surface area contributed by atoms with E-state index < -0.39 is 5.97 Å². The minimum absolute atomic E-state index is 0.0494. The highest BCUT2D eigenvalue weighted by Crippen LogP contribution is 2.30. The number of ether oxygens (including phenoxy) is 2. The molecule has 5 heteroatoms. The van der Waals surface area contributed by atoms with E-state index in [4.69, 9.17) is 9.47 Å². The summed E-state index contributed by atoms with van der Waals surface area (Å²) in [6.45, 7) is 3.42. The van der Waals surface area contributed by atoms with Gasteiger partial charge in [-0.25, -0.2) is 4.79 Å². The largest absolute Gasteiger partial charge is 0.493 e. The van der Waals surface area contributed by atoms with Crippen molar-refractivity contribution < 1.29 is 19.4 Å². The quantitative estimate of drug-likeness (QED) is 0.422. The van der Waals surface area contributed by atoms with Crippen molar-refractivity contribution in [1.82, 2.24) is 4.90 Å². The van der Waals surface area contributed by atoms with Gasteiger partial charge >= 0.3 is 5.97 Å². The maximum absolute atomic E-state index is 11.3. The molecule has 0 amide bonds. The Kier molecular flexibility index (Phi) is 8.12. The van der Waals surface area contributed by atoms with E-state index in [0.29, 0.717) is 12.4 Å². The Morgan fingerprint density at radius 1 is 0.879 bits per heavy atom. The zero-order valence-corrected chi connectivity index (χ0v) is 18.8. The van der Waals surface area contributed by atoms with Crippen LogP contribution in [0, 0.1) is 0 Å². The minimum atomic E-state index is -0.961. The second-order valence-corrected chi connectivity index (χ2v) is 8.38. The van der Waals surface area contributed by atoms with Gasteiger partial charge in [0.05, 0.1) is 12.7 Å². The first-order chi connectivity index (χ1) is 16.2. The van der Waals surface area contributed by atoms with E-state index in [2.05, 4.69) is 53.4 Å². The van der Waals surface area contributed by atoms with Gasteiger partial charge in [-0.1, -0.05) is 72.8 Å². The molecule has 0 radical (unpaired) electrons. The summed E-state index contributed by atoms with van der Waals surface area (Å²) in [6, 6.07) is 27.7. The van der Waals surface area contributed by atoms with Crippen LogP contribution in [0.2, 0.25) is 0 Å². The number of likely N-dealkylation sites (tertiary alicyclic amines) is 1. The molecule has 1 fully saturated rings. The predicted molar refractivity (Wildman–Crippen MR) is 129 cm³/mol. The molecule has 0 atom stereocenters. The summed E-state index contributed by atoms with van der Waals surface area (Å²) >= 11 is 0. The van der Waals surface area contributed by atoms with Crippen LogP contribution in [0.1, 0.15) is 46.9 Å². The van der Waals surface area contributed by atoms with E-state index in [1.165, 1.54) is 11.1 Å². The van der Waals surface area contributed by atoms with Crippen LogP contribution >= 0.6 is 0 Å². The fraction of sp³-hybridized carbons (Fsp3) is 0.321. The topological polar surface area (TPSA) is 59.0 Å². The number of carbonyl (C=O) groups is 1. The Labute approximate surface area is 195 Å². The molecule has 3 aromatic rings. The number of hydrogen-bond donors (Lipinski definition) is 1. The third-order valence-electron chi connectivity index (χ3n) is 6.06. The standard InChI is InChI=1S/C28H31NO4/c30-28(31)25-14-7-8-15-26(25)32-21-9-18-29-19-16-24(17-20-29)33-27(22-10-3-1-4-11-22)23-12-5-2-6-13-23/h1-8,10-15,24,27H,9,16-21H2,(H,30,31). The lowest BCUT2D eigenvalue weighted by Gasteiger charge is -2.34. The lowest BCUT2D eigenvalue weighted by atomic mass is 10.00. The molecule has 33 heavy (non-hydrogen) atoms. The van der Waals surface area contributed by atoms with Gasteiger partial charge in [0.25, 0.3) is 0 Å². The van der Waals surface area contributed by atoms with Crippen LogP contribution in [-0.2, 0) is 4.74 Å². The molecular formula is C28H31NO4. The number of benzene rings is 3. The highest BCUT2D eigenvalue weighted by Gasteiger charge is 2.24. The van der Waals surface area contributed by atoms with Crippen LogP contribution in [0.25, 0.3) is 0 Å². The lowest BCUT2D eigenvalue weighted by Crippen LogP contribution is -2.38. The molecule has 0 aliphatic carbocycles. The predicted octanol–water partition coefficient (Wildman–Crippen LogP) is 5.42. The zero-order valence-electron chi connectivity index (χ0n) is 18.8. The highest BCUT2D eigenvalue weighted by molar-refractivity contribution is 5.90. The molecule has 0 spiro atoms. The monoisotopic (exact) mass is 445 g/mol. The number of piperidine rings is 1. The van der Waals surface area contributed by atoms with Gasteiger partial charge in [0.2, 0.25) is 0 Å². The first-order valence-electron chi connectivity index (χ1n) is 11.6. The molecule has 0 saturated carbocycles. The van der Waals surface area contributed by atoms with Crippen LogP contribution in [0.4, 0.5) is 0 Å². The molecule has 3 aromatic carbocycles. The summed E-state index contributed by atoms with van der Waals surface area (Å²) in [7, 11) is 0. The third kappa shape index (κ3) is 6.44. The van der Waals surface area contributed by atoms with Gasteiger partial charge in [-0.05, 0) is 42.5 Å². The molecule has 1 aliphatic rings. The summed E-state index contributed by atoms with van der Waals surface area (Å²) in [4.78, 5) is 13.7. The van der Waals surface area contributed by atoms with Crippen molar-refractivity contribution in [1.29, 1.82) is 0 Å². The number of hydrogen-bond acceptors (Lipinski definition) is 4. The number of aromatic carboxylic acids is 1. The number of carboxylic acids is 1. The SMILES string of the molecule is O=C(O)c1ccccc1OCCCN1CCC(OC(c2ccccc2)c2ccccc2)CC1.